The van der Waals surface area contributed by atoms with Gasteiger partial charge in [-0.3, -0.25) is 0 Å². The Kier molecular flexibility index (Phi) is 4.68. The smallest absolute Gasteiger partial charge is 0.373 e. The lowest BCUT2D eigenvalue weighted by atomic mass is 10.3. The molecule has 3 rings (SSSR count). The van der Waals surface area contributed by atoms with Crippen LogP contribution in [0.2, 0.25) is 0 Å². The van der Waals surface area contributed by atoms with E-state index in [0.717, 1.165) is 28.3 Å². The van der Waals surface area contributed by atoms with E-state index in [-0.39, 0.29) is 11.0 Å². The lowest BCUT2D eigenvalue weighted by molar-refractivity contribution is 0.0563. The maximum Gasteiger partial charge on any atom is 0.373 e. The number of furan rings is 1. The van der Waals surface area contributed by atoms with Crippen molar-refractivity contribution >= 4 is 34.2 Å². The summed E-state index contributed by atoms with van der Waals surface area (Å²) in [7, 11) is 1.34. The molecule has 0 bridgehead atoms. The summed E-state index contributed by atoms with van der Waals surface area (Å²) >= 11 is 3.19. The molecule has 1 atom stereocenters. The number of methoxy groups -OCH3 is 1. The number of thioether (sulfide) groups is 1. The molecule has 8 heteroatoms. The van der Waals surface area contributed by atoms with Crippen molar-refractivity contribution in [3.05, 3.63) is 23.7 Å². The maximum absolute atomic E-state index is 11.4. The molecule has 1 aliphatic heterocycles. The van der Waals surface area contributed by atoms with Crippen LogP contribution in [-0.4, -0.2) is 36.4 Å². The molecular weight excluding hydrogens is 322 g/mol. The highest BCUT2D eigenvalue weighted by Crippen LogP contribution is 2.39. The third-order valence-corrected chi connectivity index (χ3v) is 5.65. The molecule has 1 saturated heterocycles. The van der Waals surface area contributed by atoms with Crippen LogP contribution in [0, 0.1) is 0 Å². The SMILES string of the molecule is COC(=O)c1ccc(C(C)Sc2nnc(N3CCCC3)s2)o1. The summed E-state index contributed by atoms with van der Waals surface area (Å²) in [4.78, 5) is 13.7. The maximum atomic E-state index is 11.4. The number of hydrogen-bond acceptors (Lipinski definition) is 8. The van der Waals surface area contributed by atoms with Gasteiger partial charge in [0.1, 0.15) is 5.76 Å². The van der Waals surface area contributed by atoms with Crippen molar-refractivity contribution in [2.75, 3.05) is 25.1 Å². The number of nitrogens with zero attached hydrogens (tertiary/aromatic N) is 3. The van der Waals surface area contributed by atoms with Gasteiger partial charge in [-0.1, -0.05) is 23.1 Å². The quantitative estimate of drug-likeness (QED) is 0.611. The Morgan fingerprint density at radius 3 is 2.91 bits per heavy atom. The largest absolute Gasteiger partial charge is 0.463 e. The molecule has 0 radical (unpaired) electrons. The first kappa shape index (κ1) is 15.4. The number of ether oxygens (including phenoxy) is 1. The number of esters is 1. The van der Waals surface area contributed by atoms with Crippen molar-refractivity contribution in [1.82, 2.24) is 10.2 Å². The molecular formula is C14H17N3O3S2. The van der Waals surface area contributed by atoms with Crippen molar-refractivity contribution in [3.8, 4) is 0 Å². The lowest BCUT2D eigenvalue weighted by Crippen LogP contribution is -2.17. The third-order valence-electron chi connectivity index (χ3n) is 3.46. The molecule has 0 aliphatic carbocycles. The molecule has 22 heavy (non-hydrogen) atoms. The first-order valence-electron chi connectivity index (χ1n) is 7.10. The fourth-order valence-corrected chi connectivity index (χ4v) is 4.39. The second-order valence-electron chi connectivity index (χ2n) is 5.00. The molecule has 1 aliphatic rings. The second-order valence-corrected chi connectivity index (χ2v) is 7.54. The fraction of sp³-hybridized carbons (Fsp3) is 0.500. The molecule has 0 aromatic carbocycles. The first-order valence-corrected chi connectivity index (χ1v) is 8.80. The summed E-state index contributed by atoms with van der Waals surface area (Å²) in [6, 6.07) is 3.43. The minimum absolute atomic E-state index is 0.0535. The predicted molar refractivity (Wildman–Crippen MR) is 85.7 cm³/mol. The molecule has 2 aromatic heterocycles. The predicted octanol–water partition coefficient (Wildman–Crippen LogP) is 3.37. The van der Waals surface area contributed by atoms with Crippen LogP contribution < -0.4 is 4.90 Å². The van der Waals surface area contributed by atoms with E-state index in [1.165, 1.54) is 20.0 Å². The van der Waals surface area contributed by atoms with E-state index in [1.807, 2.05) is 6.92 Å². The van der Waals surface area contributed by atoms with Crippen LogP contribution >= 0.6 is 23.1 Å². The summed E-state index contributed by atoms with van der Waals surface area (Å²) in [6.45, 7) is 4.15. The summed E-state index contributed by atoms with van der Waals surface area (Å²) in [5.41, 5.74) is 0. The summed E-state index contributed by atoms with van der Waals surface area (Å²) in [5.74, 6) is 0.485. The van der Waals surface area contributed by atoms with Gasteiger partial charge in [-0.15, -0.1) is 10.2 Å². The zero-order chi connectivity index (χ0) is 15.5. The molecule has 0 amide bonds. The summed E-state index contributed by atoms with van der Waals surface area (Å²) in [5, 5.41) is 9.54. The molecule has 0 N–H and O–H groups in total. The van der Waals surface area contributed by atoms with Gasteiger partial charge < -0.3 is 14.1 Å². The first-order chi connectivity index (χ1) is 10.7. The Bertz CT molecular complexity index is 649. The summed E-state index contributed by atoms with van der Waals surface area (Å²) in [6.07, 6.45) is 2.45. The van der Waals surface area contributed by atoms with Crippen LogP contribution in [0.3, 0.4) is 0 Å². The van der Waals surface area contributed by atoms with E-state index in [0.29, 0.717) is 0 Å². The highest BCUT2D eigenvalue weighted by molar-refractivity contribution is 8.01. The van der Waals surface area contributed by atoms with Gasteiger partial charge in [0.05, 0.1) is 12.4 Å². The minimum atomic E-state index is -0.462. The van der Waals surface area contributed by atoms with Crippen molar-refractivity contribution in [3.63, 3.8) is 0 Å². The third kappa shape index (κ3) is 3.27. The average Bonchev–Trinajstić information content (AvgIpc) is 3.25. The van der Waals surface area contributed by atoms with E-state index < -0.39 is 5.97 Å². The Balaban J connectivity index is 1.65. The van der Waals surface area contributed by atoms with Gasteiger partial charge in [-0.2, -0.15) is 0 Å². The highest BCUT2D eigenvalue weighted by Gasteiger charge is 2.20. The van der Waals surface area contributed by atoms with Crippen LogP contribution in [0.25, 0.3) is 0 Å². The number of aromatic nitrogens is 2. The van der Waals surface area contributed by atoms with Gasteiger partial charge in [-0.05, 0) is 31.9 Å². The van der Waals surface area contributed by atoms with Gasteiger partial charge >= 0.3 is 5.97 Å². The Morgan fingerprint density at radius 2 is 2.18 bits per heavy atom. The van der Waals surface area contributed by atoms with Crippen LogP contribution in [-0.2, 0) is 4.74 Å². The molecule has 118 valence electrons. The number of rotatable bonds is 5. The molecule has 1 unspecified atom stereocenters. The zero-order valence-corrected chi connectivity index (χ0v) is 14.1. The molecule has 0 spiro atoms. The fourth-order valence-electron chi connectivity index (χ4n) is 2.28. The topological polar surface area (TPSA) is 68.5 Å². The van der Waals surface area contributed by atoms with E-state index in [1.54, 1.807) is 35.2 Å². The molecule has 6 nitrogen and oxygen atoms in total. The van der Waals surface area contributed by atoms with Crippen LogP contribution in [0.1, 0.15) is 41.3 Å². The average molecular weight is 339 g/mol. The lowest BCUT2D eigenvalue weighted by Gasteiger charge is -2.11. The molecule has 0 saturated carbocycles. The minimum Gasteiger partial charge on any atom is -0.463 e. The van der Waals surface area contributed by atoms with Crippen LogP contribution in [0.15, 0.2) is 20.9 Å². The number of carbonyl (C=O) groups excluding carboxylic acids is 1. The van der Waals surface area contributed by atoms with Gasteiger partial charge in [-0.25, -0.2) is 4.79 Å². The van der Waals surface area contributed by atoms with Crippen LogP contribution in [0.4, 0.5) is 5.13 Å². The van der Waals surface area contributed by atoms with Crippen molar-refractivity contribution in [2.45, 2.75) is 29.4 Å². The molecule has 2 aromatic rings. The zero-order valence-electron chi connectivity index (χ0n) is 12.4. The standard InChI is InChI=1S/C14H17N3O3S2/c1-9(10-5-6-11(20-10)12(18)19-2)21-14-16-15-13(22-14)17-7-3-4-8-17/h5-6,9H,3-4,7-8H2,1-2H3. The molecule has 1 fully saturated rings. The number of carbonyl (C=O) groups is 1. The number of hydrogen-bond donors (Lipinski definition) is 0. The van der Waals surface area contributed by atoms with E-state index in [9.17, 15) is 4.79 Å². The Morgan fingerprint density at radius 1 is 1.41 bits per heavy atom. The van der Waals surface area contributed by atoms with Crippen molar-refractivity contribution in [1.29, 1.82) is 0 Å². The van der Waals surface area contributed by atoms with E-state index >= 15 is 0 Å². The summed E-state index contributed by atoms with van der Waals surface area (Å²) < 4.78 is 11.1. The normalized spacial score (nSPS) is 16.0. The van der Waals surface area contributed by atoms with Gasteiger partial charge in [0, 0.05) is 13.1 Å². The van der Waals surface area contributed by atoms with E-state index in [4.69, 9.17) is 4.42 Å². The van der Waals surface area contributed by atoms with E-state index in [2.05, 4.69) is 19.8 Å². The highest BCUT2D eigenvalue weighted by atomic mass is 32.2. The Hall–Kier alpha value is -1.54. The van der Waals surface area contributed by atoms with Crippen LogP contribution in [0.5, 0.6) is 0 Å². The van der Waals surface area contributed by atoms with Gasteiger partial charge in [0.25, 0.3) is 0 Å². The van der Waals surface area contributed by atoms with Crippen molar-refractivity contribution in [2.24, 2.45) is 0 Å². The monoisotopic (exact) mass is 339 g/mol. The van der Waals surface area contributed by atoms with Gasteiger partial charge in [0.2, 0.25) is 10.9 Å². The molecule has 3 heterocycles. The van der Waals surface area contributed by atoms with Crippen molar-refractivity contribution < 1.29 is 13.9 Å². The second kappa shape index (κ2) is 6.70. The Labute approximate surface area is 136 Å². The number of anilines is 1. The van der Waals surface area contributed by atoms with Gasteiger partial charge in [0.15, 0.2) is 4.34 Å².